The molecule has 13 rings (SSSR count). The summed E-state index contributed by atoms with van der Waals surface area (Å²) in [6, 6.07) is 83.3. The first-order valence-corrected chi connectivity index (χ1v) is 22.6. The van der Waals surface area contributed by atoms with Gasteiger partial charge >= 0.3 is 0 Å². The van der Waals surface area contributed by atoms with E-state index < -0.39 is 0 Å². The van der Waals surface area contributed by atoms with Crippen molar-refractivity contribution in [2.75, 3.05) is 4.90 Å². The molecule has 13 aromatic rings. The lowest BCUT2D eigenvalue weighted by atomic mass is 9.94. The van der Waals surface area contributed by atoms with Gasteiger partial charge in [-0.25, -0.2) is 0 Å². The van der Waals surface area contributed by atoms with E-state index in [0.29, 0.717) is 0 Å². The Balaban J connectivity index is 1.04. The second-order valence-electron chi connectivity index (χ2n) is 16.5. The summed E-state index contributed by atoms with van der Waals surface area (Å²) >= 11 is 1.86. The van der Waals surface area contributed by atoms with Crippen molar-refractivity contribution < 1.29 is 4.42 Å². The van der Waals surface area contributed by atoms with Crippen molar-refractivity contribution in [3.05, 3.63) is 231 Å². The van der Waals surface area contributed by atoms with Crippen LogP contribution in [0.3, 0.4) is 0 Å². The van der Waals surface area contributed by atoms with Crippen molar-refractivity contribution in [2.45, 2.75) is 0 Å². The lowest BCUT2D eigenvalue weighted by Crippen LogP contribution is -2.10. The Bertz CT molecular complexity index is 3870. The van der Waals surface area contributed by atoms with E-state index in [0.717, 1.165) is 61.3 Å². The zero-order chi connectivity index (χ0) is 42.1. The third-order valence-corrected chi connectivity index (χ3v) is 13.9. The Hall–Kier alpha value is -8.18. The molecule has 300 valence electrons. The third-order valence-electron chi connectivity index (χ3n) is 12.8. The van der Waals surface area contributed by atoms with Crippen LogP contribution >= 0.6 is 11.3 Å². The number of rotatable bonds is 7. The standard InChI is InChI=1S/C60H38N2OS/c1-4-14-39(15-5-1)40-24-28-45(29-25-40)61(44-18-8-3-9-19-44)46-30-32-47(33-31-46)62-52-37-43(42-27-35-57-51(36-42)48-20-11-13-23-56(48)64-57)26-34-49(52)59-53(62)38-55-60(50-21-10-12-22-54(50)63-55)58(59)41-16-6-2-7-17-41/h1-38H. The molecule has 0 atom stereocenters. The van der Waals surface area contributed by atoms with Gasteiger partial charge in [0.25, 0.3) is 0 Å². The van der Waals surface area contributed by atoms with Crippen LogP contribution in [0, 0.1) is 0 Å². The largest absolute Gasteiger partial charge is 0.456 e. The van der Waals surface area contributed by atoms with Crippen LogP contribution < -0.4 is 4.90 Å². The van der Waals surface area contributed by atoms with Crippen LogP contribution in [0.5, 0.6) is 0 Å². The molecule has 0 spiro atoms. The molecule has 0 saturated carbocycles. The first-order chi connectivity index (χ1) is 31.7. The molecule has 0 aliphatic carbocycles. The predicted octanol–water partition coefficient (Wildman–Crippen LogP) is 17.5. The van der Waals surface area contributed by atoms with Crippen molar-refractivity contribution >= 4 is 92.3 Å². The van der Waals surface area contributed by atoms with Gasteiger partial charge in [0.15, 0.2) is 0 Å². The van der Waals surface area contributed by atoms with Crippen LogP contribution in [0.1, 0.15) is 0 Å². The molecule has 0 aliphatic rings. The van der Waals surface area contributed by atoms with Gasteiger partial charge in [-0.2, -0.15) is 0 Å². The smallest absolute Gasteiger partial charge is 0.138 e. The van der Waals surface area contributed by atoms with E-state index in [1.54, 1.807) is 0 Å². The summed E-state index contributed by atoms with van der Waals surface area (Å²) in [4.78, 5) is 2.33. The van der Waals surface area contributed by atoms with Crippen LogP contribution in [0.25, 0.3) is 103 Å². The lowest BCUT2D eigenvalue weighted by Gasteiger charge is -2.26. The quantitative estimate of drug-likeness (QED) is 0.159. The fourth-order valence-electron chi connectivity index (χ4n) is 9.85. The number of furan rings is 1. The minimum atomic E-state index is 0.873. The first-order valence-electron chi connectivity index (χ1n) is 21.7. The molecule has 0 aliphatic heterocycles. The molecule has 3 aromatic heterocycles. The SMILES string of the molecule is c1ccc(-c2ccc(N(c3ccccc3)c3ccc(-n4c5cc(-c6ccc7sc8ccccc8c7c6)ccc5c5c(-c6ccccc6)c6c(cc54)oc4ccccc46)cc3)cc2)cc1. The molecule has 4 heteroatoms. The van der Waals surface area contributed by atoms with Gasteiger partial charge in [-0.1, -0.05) is 146 Å². The number of para-hydroxylation sites is 2. The van der Waals surface area contributed by atoms with Gasteiger partial charge in [-0.05, 0) is 107 Å². The highest BCUT2D eigenvalue weighted by atomic mass is 32.1. The predicted molar refractivity (Wildman–Crippen MR) is 272 cm³/mol. The van der Waals surface area contributed by atoms with E-state index >= 15 is 0 Å². The van der Waals surface area contributed by atoms with Gasteiger partial charge in [-0.3, -0.25) is 0 Å². The summed E-state index contributed by atoms with van der Waals surface area (Å²) in [5, 5.41) is 7.26. The fraction of sp³-hybridized carbons (Fsp3) is 0. The molecule has 0 saturated heterocycles. The second kappa shape index (κ2) is 14.7. The zero-order valence-corrected chi connectivity index (χ0v) is 35.5. The summed E-state index contributed by atoms with van der Waals surface area (Å²) < 4.78 is 11.8. The molecule has 0 fully saturated rings. The highest BCUT2D eigenvalue weighted by molar-refractivity contribution is 7.25. The minimum absolute atomic E-state index is 0.873. The molecule has 0 N–H and O–H groups in total. The van der Waals surface area contributed by atoms with E-state index in [4.69, 9.17) is 4.42 Å². The van der Waals surface area contributed by atoms with Crippen LogP contribution in [0.15, 0.2) is 235 Å². The number of anilines is 3. The Labute approximate surface area is 373 Å². The van der Waals surface area contributed by atoms with Crippen molar-refractivity contribution in [3.8, 4) is 39.1 Å². The average Bonchev–Trinajstić information content (AvgIpc) is 4.03. The minimum Gasteiger partial charge on any atom is -0.456 e. The van der Waals surface area contributed by atoms with E-state index in [9.17, 15) is 0 Å². The second-order valence-corrected chi connectivity index (χ2v) is 17.5. The van der Waals surface area contributed by atoms with Gasteiger partial charge < -0.3 is 13.9 Å². The van der Waals surface area contributed by atoms with Crippen LogP contribution in [-0.4, -0.2) is 4.57 Å². The average molecular weight is 835 g/mol. The Morgan fingerprint density at radius 3 is 1.67 bits per heavy atom. The Morgan fingerprint density at radius 1 is 0.344 bits per heavy atom. The highest BCUT2D eigenvalue weighted by Crippen LogP contribution is 2.47. The van der Waals surface area contributed by atoms with Gasteiger partial charge in [0.05, 0.1) is 11.0 Å². The Morgan fingerprint density at radius 2 is 0.906 bits per heavy atom. The van der Waals surface area contributed by atoms with E-state index in [1.165, 1.54) is 58.8 Å². The van der Waals surface area contributed by atoms with Crippen LogP contribution in [0.4, 0.5) is 17.1 Å². The lowest BCUT2D eigenvalue weighted by molar-refractivity contribution is 0.669. The van der Waals surface area contributed by atoms with Gasteiger partial charge in [0.2, 0.25) is 0 Å². The van der Waals surface area contributed by atoms with Gasteiger partial charge in [0, 0.05) is 76.1 Å². The normalized spacial score (nSPS) is 11.8. The first kappa shape index (κ1) is 36.5. The molecule has 3 heterocycles. The molecule has 3 nitrogen and oxygen atoms in total. The molecule has 10 aromatic carbocycles. The number of fused-ring (bicyclic) bond motifs is 9. The maximum atomic E-state index is 6.74. The fourth-order valence-corrected chi connectivity index (χ4v) is 10.9. The number of aromatic nitrogens is 1. The van der Waals surface area contributed by atoms with Gasteiger partial charge in [0.1, 0.15) is 11.2 Å². The monoisotopic (exact) mass is 834 g/mol. The van der Waals surface area contributed by atoms with Crippen molar-refractivity contribution in [3.63, 3.8) is 0 Å². The number of benzene rings is 10. The Kier molecular flexibility index (Phi) is 8.40. The number of hydrogen-bond acceptors (Lipinski definition) is 3. The summed E-state index contributed by atoms with van der Waals surface area (Å²) in [6.45, 7) is 0. The topological polar surface area (TPSA) is 21.3 Å². The van der Waals surface area contributed by atoms with Crippen molar-refractivity contribution in [1.29, 1.82) is 0 Å². The summed E-state index contributed by atoms with van der Waals surface area (Å²) in [7, 11) is 0. The molecule has 0 bridgehead atoms. The molecule has 0 unspecified atom stereocenters. The van der Waals surface area contributed by atoms with E-state index in [-0.39, 0.29) is 0 Å². The molecular weight excluding hydrogens is 797 g/mol. The number of nitrogens with zero attached hydrogens (tertiary/aromatic N) is 2. The molecule has 64 heavy (non-hydrogen) atoms. The number of hydrogen-bond donors (Lipinski definition) is 0. The van der Waals surface area contributed by atoms with Crippen LogP contribution in [-0.2, 0) is 0 Å². The molecule has 0 radical (unpaired) electrons. The highest BCUT2D eigenvalue weighted by Gasteiger charge is 2.24. The zero-order valence-electron chi connectivity index (χ0n) is 34.7. The van der Waals surface area contributed by atoms with Gasteiger partial charge in [-0.15, -0.1) is 11.3 Å². The maximum Gasteiger partial charge on any atom is 0.138 e. The van der Waals surface area contributed by atoms with Crippen LogP contribution in [0.2, 0.25) is 0 Å². The van der Waals surface area contributed by atoms with Crippen molar-refractivity contribution in [1.82, 2.24) is 4.57 Å². The summed E-state index contributed by atoms with van der Waals surface area (Å²) in [5.41, 5.74) is 15.5. The number of thiophene rings is 1. The van der Waals surface area contributed by atoms with Crippen molar-refractivity contribution in [2.24, 2.45) is 0 Å². The molecular formula is C60H38N2OS. The third kappa shape index (κ3) is 5.88. The summed E-state index contributed by atoms with van der Waals surface area (Å²) in [5.74, 6) is 0. The molecule has 0 amide bonds. The summed E-state index contributed by atoms with van der Waals surface area (Å²) in [6.07, 6.45) is 0. The van der Waals surface area contributed by atoms with E-state index in [1.807, 2.05) is 11.3 Å². The van der Waals surface area contributed by atoms with E-state index in [2.05, 4.69) is 240 Å². The maximum absolute atomic E-state index is 6.74.